The van der Waals surface area contributed by atoms with E-state index < -0.39 is 29.4 Å². The SMILES string of the molecule is C=CCC(CC)(CCOC(=O)C(C)(C)C(C)(C)C)C(=O)OCCCCCC(F)(F)F. The van der Waals surface area contributed by atoms with Crippen LogP contribution < -0.4 is 0 Å². The normalized spacial score (nSPS) is 14.7. The Morgan fingerprint density at radius 3 is 1.90 bits per heavy atom. The molecule has 0 saturated heterocycles. The summed E-state index contributed by atoms with van der Waals surface area (Å²) in [6.45, 7) is 15.3. The maximum atomic E-state index is 12.7. The fourth-order valence-corrected chi connectivity index (χ4v) is 2.78. The van der Waals surface area contributed by atoms with Crippen LogP contribution in [-0.2, 0) is 19.1 Å². The number of hydrogen-bond acceptors (Lipinski definition) is 4. The van der Waals surface area contributed by atoms with Gasteiger partial charge in [-0.15, -0.1) is 6.58 Å². The number of allylic oxidation sites excluding steroid dienone is 1. The number of halogens is 3. The number of hydrogen-bond donors (Lipinski definition) is 0. The Labute approximate surface area is 179 Å². The summed E-state index contributed by atoms with van der Waals surface area (Å²) in [6.07, 6.45) is -1.46. The quantitative estimate of drug-likeness (QED) is 0.185. The minimum Gasteiger partial charge on any atom is -0.465 e. The second-order valence-corrected chi connectivity index (χ2v) is 9.45. The Morgan fingerprint density at radius 2 is 1.43 bits per heavy atom. The van der Waals surface area contributed by atoms with E-state index in [0.717, 1.165) is 0 Å². The monoisotopic (exact) mass is 436 g/mol. The first-order valence-electron chi connectivity index (χ1n) is 10.6. The third-order valence-electron chi connectivity index (χ3n) is 6.18. The highest BCUT2D eigenvalue weighted by molar-refractivity contribution is 5.78. The summed E-state index contributed by atoms with van der Waals surface area (Å²) < 4.78 is 47.3. The lowest BCUT2D eigenvalue weighted by atomic mass is 9.69. The van der Waals surface area contributed by atoms with Gasteiger partial charge in [0, 0.05) is 6.42 Å². The van der Waals surface area contributed by atoms with Gasteiger partial charge in [0.1, 0.15) is 0 Å². The number of alkyl halides is 3. The molecule has 0 N–H and O–H groups in total. The van der Waals surface area contributed by atoms with Gasteiger partial charge in [-0.2, -0.15) is 13.2 Å². The van der Waals surface area contributed by atoms with Crippen molar-refractivity contribution in [3.05, 3.63) is 12.7 Å². The lowest BCUT2D eigenvalue weighted by molar-refractivity contribution is -0.165. The van der Waals surface area contributed by atoms with Crippen LogP contribution in [0, 0.1) is 16.2 Å². The standard InChI is InChI=1S/C23H39F3O4/c1-8-13-22(9-2,15-17-30-18(27)21(6,7)20(3,4)5)19(28)29-16-12-10-11-14-23(24,25)26/h8H,1,9-17H2,2-7H3. The Hall–Kier alpha value is -1.53. The van der Waals surface area contributed by atoms with Gasteiger partial charge in [-0.25, -0.2) is 0 Å². The zero-order valence-electron chi connectivity index (χ0n) is 19.4. The number of carbonyl (C=O) groups excluding carboxylic acids is 2. The average Bonchev–Trinajstić information content (AvgIpc) is 2.61. The van der Waals surface area contributed by atoms with Gasteiger partial charge in [-0.3, -0.25) is 9.59 Å². The summed E-state index contributed by atoms with van der Waals surface area (Å²) in [5, 5.41) is 0. The average molecular weight is 437 g/mol. The van der Waals surface area contributed by atoms with Gasteiger partial charge in [0.15, 0.2) is 0 Å². The zero-order chi connectivity index (χ0) is 23.6. The number of unbranched alkanes of at least 4 members (excludes halogenated alkanes) is 2. The van der Waals surface area contributed by atoms with E-state index in [1.165, 1.54) is 0 Å². The maximum Gasteiger partial charge on any atom is 0.389 e. The summed E-state index contributed by atoms with van der Waals surface area (Å²) in [7, 11) is 0. The van der Waals surface area contributed by atoms with Crippen LogP contribution in [0.4, 0.5) is 13.2 Å². The molecule has 0 amide bonds. The number of ether oxygens (including phenoxy) is 2. The molecule has 0 aliphatic rings. The third kappa shape index (κ3) is 9.09. The van der Waals surface area contributed by atoms with Crippen LogP contribution in [-0.4, -0.2) is 31.3 Å². The first-order valence-corrected chi connectivity index (χ1v) is 10.6. The highest BCUT2D eigenvalue weighted by Gasteiger charge is 2.42. The van der Waals surface area contributed by atoms with Crippen molar-refractivity contribution in [2.24, 2.45) is 16.2 Å². The van der Waals surface area contributed by atoms with Crippen molar-refractivity contribution in [3.8, 4) is 0 Å². The summed E-state index contributed by atoms with van der Waals surface area (Å²) in [4.78, 5) is 25.2. The Morgan fingerprint density at radius 1 is 0.867 bits per heavy atom. The van der Waals surface area contributed by atoms with Gasteiger partial charge in [-0.05, 0) is 57.8 Å². The molecule has 0 radical (unpaired) electrons. The van der Waals surface area contributed by atoms with Crippen LogP contribution in [0.25, 0.3) is 0 Å². The van der Waals surface area contributed by atoms with Gasteiger partial charge in [0.25, 0.3) is 0 Å². The second kappa shape index (κ2) is 11.8. The lowest BCUT2D eigenvalue weighted by Gasteiger charge is -2.36. The van der Waals surface area contributed by atoms with Gasteiger partial charge >= 0.3 is 18.1 Å². The first kappa shape index (κ1) is 28.5. The van der Waals surface area contributed by atoms with Crippen LogP contribution >= 0.6 is 0 Å². The van der Waals surface area contributed by atoms with E-state index in [4.69, 9.17) is 9.47 Å². The molecule has 0 aliphatic carbocycles. The molecule has 0 aliphatic heterocycles. The lowest BCUT2D eigenvalue weighted by Crippen LogP contribution is -2.40. The molecule has 0 aromatic carbocycles. The molecule has 0 spiro atoms. The molecular formula is C23H39F3O4. The van der Waals surface area contributed by atoms with E-state index in [1.54, 1.807) is 6.08 Å². The van der Waals surface area contributed by atoms with E-state index in [1.807, 2.05) is 41.5 Å². The predicted molar refractivity (Wildman–Crippen MR) is 112 cm³/mol. The summed E-state index contributed by atoms with van der Waals surface area (Å²) in [6, 6.07) is 0. The summed E-state index contributed by atoms with van der Waals surface area (Å²) >= 11 is 0. The van der Waals surface area contributed by atoms with Gasteiger partial charge in [0.2, 0.25) is 0 Å². The van der Waals surface area contributed by atoms with Crippen molar-refractivity contribution >= 4 is 11.9 Å². The minimum absolute atomic E-state index is 0.0200. The van der Waals surface area contributed by atoms with E-state index >= 15 is 0 Å². The molecule has 4 nitrogen and oxygen atoms in total. The van der Waals surface area contributed by atoms with Crippen LogP contribution in [0.5, 0.6) is 0 Å². The molecule has 1 atom stereocenters. The maximum absolute atomic E-state index is 12.7. The summed E-state index contributed by atoms with van der Waals surface area (Å²) in [5.41, 5.74) is -1.82. The minimum atomic E-state index is -4.16. The molecule has 176 valence electrons. The Bertz CT molecular complexity index is 562. The molecule has 0 bridgehead atoms. The molecule has 0 heterocycles. The van der Waals surface area contributed by atoms with Crippen molar-refractivity contribution in [1.82, 2.24) is 0 Å². The molecule has 1 unspecified atom stereocenters. The highest BCUT2D eigenvalue weighted by Crippen LogP contribution is 2.39. The van der Waals surface area contributed by atoms with Crippen molar-refractivity contribution in [2.45, 2.75) is 92.7 Å². The van der Waals surface area contributed by atoms with Crippen molar-refractivity contribution < 1.29 is 32.2 Å². The van der Waals surface area contributed by atoms with Gasteiger partial charge in [0.05, 0.1) is 24.0 Å². The van der Waals surface area contributed by atoms with E-state index in [2.05, 4.69) is 6.58 Å². The fourth-order valence-electron chi connectivity index (χ4n) is 2.78. The third-order valence-corrected chi connectivity index (χ3v) is 6.18. The molecule has 30 heavy (non-hydrogen) atoms. The van der Waals surface area contributed by atoms with Gasteiger partial charge in [-0.1, -0.05) is 33.8 Å². The number of esters is 2. The molecule has 0 fully saturated rings. The smallest absolute Gasteiger partial charge is 0.389 e. The largest absolute Gasteiger partial charge is 0.465 e. The molecule has 0 aromatic heterocycles. The topological polar surface area (TPSA) is 52.6 Å². The number of rotatable bonds is 13. The van der Waals surface area contributed by atoms with Crippen molar-refractivity contribution in [1.29, 1.82) is 0 Å². The van der Waals surface area contributed by atoms with Crippen molar-refractivity contribution in [3.63, 3.8) is 0 Å². The Kier molecular flexibility index (Phi) is 11.2. The zero-order valence-corrected chi connectivity index (χ0v) is 19.4. The molecule has 0 saturated carbocycles. The van der Waals surface area contributed by atoms with Gasteiger partial charge < -0.3 is 9.47 Å². The number of carbonyl (C=O) groups is 2. The predicted octanol–water partition coefficient (Wildman–Crippen LogP) is 6.63. The van der Waals surface area contributed by atoms with E-state index in [-0.39, 0.29) is 31.0 Å². The highest BCUT2D eigenvalue weighted by atomic mass is 19.4. The molecule has 7 heteroatoms. The Balaban J connectivity index is 4.74. The molecule has 0 rings (SSSR count). The van der Waals surface area contributed by atoms with E-state index in [9.17, 15) is 22.8 Å². The van der Waals surface area contributed by atoms with Crippen LogP contribution in [0.2, 0.25) is 0 Å². The second-order valence-electron chi connectivity index (χ2n) is 9.45. The van der Waals surface area contributed by atoms with Crippen LogP contribution in [0.15, 0.2) is 12.7 Å². The van der Waals surface area contributed by atoms with Crippen LogP contribution in [0.3, 0.4) is 0 Å². The molecule has 0 aromatic rings. The first-order chi connectivity index (χ1) is 13.6. The summed E-state index contributed by atoms with van der Waals surface area (Å²) in [5.74, 6) is -0.747. The van der Waals surface area contributed by atoms with E-state index in [0.29, 0.717) is 32.1 Å². The molecular weight excluding hydrogens is 397 g/mol. The van der Waals surface area contributed by atoms with Crippen LogP contribution in [0.1, 0.15) is 86.5 Å². The fraction of sp³-hybridized carbons (Fsp3) is 0.826. The van der Waals surface area contributed by atoms with Crippen molar-refractivity contribution in [2.75, 3.05) is 13.2 Å².